The molecule has 34 heavy (non-hydrogen) atoms. The zero-order valence-electron chi connectivity index (χ0n) is 23.0. The molecule has 2 heteroatoms. The van der Waals surface area contributed by atoms with Crippen molar-refractivity contribution in [3.63, 3.8) is 0 Å². The first-order chi connectivity index (χ1) is 16.8. The van der Waals surface area contributed by atoms with E-state index < -0.39 is 0 Å². The molecule has 0 aliphatic rings. The van der Waals surface area contributed by atoms with Gasteiger partial charge >= 0.3 is 5.97 Å². The van der Waals surface area contributed by atoms with Gasteiger partial charge in [0.1, 0.15) is 0 Å². The van der Waals surface area contributed by atoms with E-state index in [1.807, 2.05) is 0 Å². The van der Waals surface area contributed by atoms with Gasteiger partial charge in [0.25, 0.3) is 0 Å². The number of ether oxygens (including phenoxy) is 1. The lowest BCUT2D eigenvalue weighted by molar-refractivity contribution is -0.143. The van der Waals surface area contributed by atoms with E-state index in [0.717, 1.165) is 38.5 Å². The van der Waals surface area contributed by atoms with Crippen LogP contribution in [0.2, 0.25) is 0 Å². The van der Waals surface area contributed by atoms with Crippen LogP contribution in [0.4, 0.5) is 0 Å². The number of carbonyl (C=O) groups is 1. The first kappa shape index (κ1) is 32.7. The van der Waals surface area contributed by atoms with Gasteiger partial charge in [-0.1, -0.05) is 115 Å². The number of unbranched alkanes of at least 4 members (excludes halogenated alkanes) is 16. The highest BCUT2D eigenvalue weighted by Crippen LogP contribution is 2.10. The molecule has 0 N–H and O–H groups in total. The molecule has 0 aliphatic heterocycles. The van der Waals surface area contributed by atoms with Crippen LogP contribution in [0.1, 0.15) is 155 Å². The summed E-state index contributed by atoms with van der Waals surface area (Å²) in [6.07, 6.45) is 40.4. The average molecular weight is 475 g/mol. The zero-order chi connectivity index (χ0) is 24.8. The van der Waals surface area contributed by atoms with E-state index in [1.54, 1.807) is 0 Å². The van der Waals surface area contributed by atoms with Gasteiger partial charge in [-0.25, -0.2) is 0 Å². The number of esters is 1. The normalized spacial score (nSPS) is 11.9. The molecule has 0 amide bonds. The standard InChI is InChI=1S/C32H58O2/c1-3-5-7-9-11-13-15-17-18-19-21-23-25-27-29-31-34-32(33)30-28-26-24-22-20-16-14-12-10-8-6-4-2/h8,10,16-18,20H,3-7,9,11-15,19,21-31H2,1-2H3/b10-8-,18-17-,20-16+. The van der Waals surface area contributed by atoms with Gasteiger partial charge in [-0.15, -0.1) is 0 Å². The minimum atomic E-state index is -0.00934. The summed E-state index contributed by atoms with van der Waals surface area (Å²) in [5.41, 5.74) is 0. The van der Waals surface area contributed by atoms with E-state index >= 15 is 0 Å². The maximum atomic E-state index is 11.8. The molecule has 0 aromatic rings. The Morgan fingerprint density at radius 1 is 0.471 bits per heavy atom. The fourth-order valence-corrected chi connectivity index (χ4v) is 3.97. The van der Waals surface area contributed by atoms with Gasteiger partial charge in [0.05, 0.1) is 6.61 Å². The third-order valence-electron chi connectivity index (χ3n) is 6.21. The van der Waals surface area contributed by atoms with E-state index in [-0.39, 0.29) is 5.97 Å². The predicted octanol–water partition coefficient (Wildman–Crippen LogP) is 10.8. The summed E-state index contributed by atoms with van der Waals surface area (Å²) in [6.45, 7) is 5.09. The van der Waals surface area contributed by atoms with Crippen molar-refractivity contribution in [2.45, 2.75) is 155 Å². The van der Waals surface area contributed by atoms with Crippen LogP contribution < -0.4 is 0 Å². The summed E-state index contributed by atoms with van der Waals surface area (Å²) in [7, 11) is 0. The van der Waals surface area contributed by atoms with Gasteiger partial charge in [0.15, 0.2) is 0 Å². The Morgan fingerprint density at radius 2 is 0.912 bits per heavy atom. The minimum absolute atomic E-state index is 0.00934. The van der Waals surface area contributed by atoms with E-state index in [2.05, 4.69) is 50.3 Å². The minimum Gasteiger partial charge on any atom is -0.466 e. The lowest BCUT2D eigenvalue weighted by Gasteiger charge is -2.05. The molecule has 0 fully saturated rings. The molecule has 0 saturated carbocycles. The van der Waals surface area contributed by atoms with Crippen molar-refractivity contribution in [1.82, 2.24) is 0 Å². The lowest BCUT2D eigenvalue weighted by atomic mass is 10.1. The molecule has 0 rings (SSSR count). The topological polar surface area (TPSA) is 26.3 Å². The van der Waals surface area contributed by atoms with E-state index in [1.165, 1.54) is 96.3 Å². The fraction of sp³-hybridized carbons (Fsp3) is 0.781. The first-order valence-electron chi connectivity index (χ1n) is 14.9. The van der Waals surface area contributed by atoms with Crippen molar-refractivity contribution in [3.05, 3.63) is 36.5 Å². The molecule has 0 bridgehead atoms. The largest absolute Gasteiger partial charge is 0.466 e. The molecule has 0 aromatic heterocycles. The van der Waals surface area contributed by atoms with Crippen molar-refractivity contribution in [2.24, 2.45) is 0 Å². The second kappa shape index (κ2) is 29.7. The van der Waals surface area contributed by atoms with Crippen LogP contribution in [-0.2, 0) is 9.53 Å². The number of carbonyl (C=O) groups excluding carboxylic acids is 1. The molecular formula is C32H58O2. The Labute approximate surface area is 213 Å². The van der Waals surface area contributed by atoms with Gasteiger partial charge in [0, 0.05) is 6.42 Å². The fourth-order valence-electron chi connectivity index (χ4n) is 3.97. The van der Waals surface area contributed by atoms with Crippen LogP contribution in [0.5, 0.6) is 0 Å². The van der Waals surface area contributed by atoms with Crippen molar-refractivity contribution in [3.8, 4) is 0 Å². The molecule has 0 spiro atoms. The Bertz CT molecular complexity index is 489. The van der Waals surface area contributed by atoms with E-state index in [0.29, 0.717) is 13.0 Å². The van der Waals surface area contributed by atoms with Crippen molar-refractivity contribution in [1.29, 1.82) is 0 Å². The predicted molar refractivity (Wildman–Crippen MR) is 151 cm³/mol. The average Bonchev–Trinajstić information content (AvgIpc) is 2.84. The van der Waals surface area contributed by atoms with Gasteiger partial charge < -0.3 is 4.74 Å². The third kappa shape index (κ3) is 28.7. The van der Waals surface area contributed by atoms with E-state index in [9.17, 15) is 4.79 Å². The quantitative estimate of drug-likeness (QED) is 0.0707. The molecule has 0 radical (unpaired) electrons. The maximum absolute atomic E-state index is 11.8. The van der Waals surface area contributed by atoms with Crippen LogP contribution in [0, 0.1) is 0 Å². The summed E-state index contributed by atoms with van der Waals surface area (Å²) < 4.78 is 5.38. The monoisotopic (exact) mass is 474 g/mol. The smallest absolute Gasteiger partial charge is 0.305 e. The number of rotatable bonds is 26. The molecule has 2 nitrogen and oxygen atoms in total. The molecule has 0 unspecified atom stereocenters. The summed E-state index contributed by atoms with van der Waals surface area (Å²) in [4.78, 5) is 11.8. The van der Waals surface area contributed by atoms with Gasteiger partial charge in [0.2, 0.25) is 0 Å². The Balaban J connectivity index is 3.27. The van der Waals surface area contributed by atoms with Crippen LogP contribution in [0.25, 0.3) is 0 Å². The summed E-state index contributed by atoms with van der Waals surface area (Å²) in [6, 6.07) is 0. The van der Waals surface area contributed by atoms with Crippen LogP contribution in [-0.4, -0.2) is 12.6 Å². The van der Waals surface area contributed by atoms with Gasteiger partial charge in [-0.05, 0) is 70.6 Å². The molecule has 0 atom stereocenters. The highest BCUT2D eigenvalue weighted by molar-refractivity contribution is 5.69. The van der Waals surface area contributed by atoms with Crippen molar-refractivity contribution < 1.29 is 9.53 Å². The summed E-state index contributed by atoms with van der Waals surface area (Å²) >= 11 is 0. The lowest BCUT2D eigenvalue weighted by Crippen LogP contribution is -2.05. The molecule has 0 saturated heterocycles. The van der Waals surface area contributed by atoms with Crippen molar-refractivity contribution >= 4 is 5.97 Å². The SMILES string of the molecule is CCC/C=C\CC/C=C/CCCCCC(=O)OCCCCCCC/C=C\CCCCCCCC. The van der Waals surface area contributed by atoms with Crippen LogP contribution >= 0.6 is 0 Å². The highest BCUT2D eigenvalue weighted by atomic mass is 16.5. The van der Waals surface area contributed by atoms with Crippen LogP contribution in [0.3, 0.4) is 0 Å². The van der Waals surface area contributed by atoms with Crippen LogP contribution in [0.15, 0.2) is 36.5 Å². The first-order valence-corrected chi connectivity index (χ1v) is 14.9. The highest BCUT2D eigenvalue weighted by Gasteiger charge is 2.02. The molecular weight excluding hydrogens is 416 g/mol. The third-order valence-corrected chi connectivity index (χ3v) is 6.21. The number of allylic oxidation sites excluding steroid dienone is 6. The summed E-state index contributed by atoms with van der Waals surface area (Å²) in [5, 5.41) is 0. The molecule has 0 heterocycles. The number of hydrogen-bond donors (Lipinski definition) is 0. The maximum Gasteiger partial charge on any atom is 0.305 e. The second-order valence-corrected chi connectivity index (χ2v) is 9.71. The van der Waals surface area contributed by atoms with Gasteiger partial charge in [-0.3, -0.25) is 4.79 Å². The Hall–Kier alpha value is -1.31. The molecule has 0 aromatic carbocycles. The van der Waals surface area contributed by atoms with Crippen molar-refractivity contribution in [2.75, 3.05) is 6.61 Å². The Morgan fingerprint density at radius 3 is 1.47 bits per heavy atom. The van der Waals surface area contributed by atoms with E-state index in [4.69, 9.17) is 4.74 Å². The zero-order valence-corrected chi connectivity index (χ0v) is 23.0. The molecule has 198 valence electrons. The Kier molecular flexibility index (Phi) is 28.6. The summed E-state index contributed by atoms with van der Waals surface area (Å²) in [5.74, 6) is -0.00934. The van der Waals surface area contributed by atoms with Gasteiger partial charge in [-0.2, -0.15) is 0 Å². The number of hydrogen-bond acceptors (Lipinski definition) is 2. The second-order valence-electron chi connectivity index (χ2n) is 9.71. The molecule has 0 aliphatic carbocycles.